The van der Waals surface area contributed by atoms with E-state index in [1.54, 1.807) is 12.1 Å². The molecule has 2 aromatic carbocycles. The zero-order valence-corrected chi connectivity index (χ0v) is 18.5. The van der Waals surface area contributed by atoms with Crippen LogP contribution < -0.4 is 0 Å². The van der Waals surface area contributed by atoms with Crippen molar-refractivity contribution >= 4 is 12.0 Å². The van der Waals surface area contributed by atoms with Gasteiger partial charge in [0.25, 0.3) is 0 Å². The second kappa shape index (κ2) is 9.63. The molecule has 0 bridgehead atoms. The highest BCUT2D eigenvalue weighted by molar-refractivity contribution is 5.81. The Hall–Kier alpha value is -3.38. The lowest BCUT2D eigenvalue weighted by molar-refractivity contribution is -0.158. The van der Waals surface area contributed by atoms with Crippen molar-refractivity contribution in [2.75, 3.05) is 0 Å². The molecule has 0 spiro atoms. The number of nitrogens with zero attached hydrogens (tertiary/aromatic N) is 1. The Labute approximate surface area is 191 Å². The number of rotatable bonds is 5. The van der Waals surface area contributed by atoms with Crippen molar-refractivity contribution in [3.8, 4) is 22.4 Å². The molecule has 2 unspecified atom stereocenters. The number of hydrogen-bond acceptors (Lipinski definition) is 4. The largest absolute Gasteiger partial charge is 0.455 e. The molecule has 0 amide bonds. The highest BCUT2D eigenvalue weighted by Crippen LogP contribution is 2.36. The fraction of sp³-hybridized carbons (Fsp3) is 0.259. The van der Waals surface area contributed by atoms with Crippen molar-refractivity contribution in [1.29, 1.82) is 0 Å². The summed E-state index contributed by atoms with van der Waals surface area (Å²) in [5.41, 5.74) is 4.21. The van der Waals surface area contributed by atoms with Gasteiger partial charge in [0.1, 0.15) is 11.6 Å². The van der Waals surface area contributed by atoms with E-state index in [4.69, 9.17) is 9.72 Å². The van der Waals surface area contributed by atoms with Gasteiger partial charge in [0.15, 0.2) is 6.10 Å². The van der Waals surface area contributed by atoms with Gasteiger partial charge in [0, 0.05) is 17.5 Å². The van der Waals surface area contributed by atoms with E-state index in [1.165, 1.54) is 18.2 Å². The van der Waals surface area contributed by atoms with Crippen LogP contribution in [0.2, 0.25) is 0 Å². The third kappa shape index (κ3) is 5.17. The van der Waals surface area contributed by atoms with E-state index < -0.39 is 24.0 Å². The molecular weight excluding hydrogens is 424 g/mol. The van der Waals surface area contributed by atoms with Gasteiger partial charge in [0.2, 0.25) is 0 Å². The van der Waals surface area contributed by atoms with Gasteiger partial charge in [-0.2, -0.15) is 0 Å². The van der Waals surface area contributed by atoms with Crippen LogP contribution in [0.15, 0.2) is 66.5 Å². The minimum Gasteiger partial charge on any atom is -0.455 e. The molecule has 33 heavy (non-hydrogen) atoms. The smallest absolute Gasteiger partial charge is 0.309 e. The zero-order chi connectivity index (χ0) is 23.5. The number of aliphatic hydroxyl groups excluding tert-OH is 1. The number of aromatic nitrogens is 1. The molecule has 4 nitrogen and oxygen atoms in total. The normalized spacial score (nSPS) is 19.0. The second-order valence-corrected chi connectivity index (χ2v) is 8.48. The van der Waals surface area contributed by atoms with E-state index in [0.717, 1.165) is 11.3 Å². The number of hydrogen-bond donors (Lipinski definition) is 1. The first kappa shape index (κ1) is 22.8. The molecule has 4 rings (SSSR count). The predicted octanol–water partition coefficient (Wildman–Crippen LogP) is 6.06. The zero-order valence-electron chi connectivity index (χ0n) is 18.5. The van der Waals surface area contributed by atoms with Crippen LogP contribution in [0.1, 0.15) is 43.9 Å². The fourth-order valence-corrected chi connectivity index (χ4v) is 3.97. The molecule has 0 aliphatic carbocycles. The van der Waals surface area contributed by atoms with E-state index in [0.29, 0.717) is 22.4 Å². The lowest BCUT2D eigenvalue weighted by Gasteiger charge is -2.25. The van der Waals surface area contributed by atoms with Crippen LogP contribution in [0.3, 0.4) is 0 Å². The molecule has 170 valence electrons. The fourth-order valence-electron chi connectivity index (χ4n) is 3.97. The maximum Gasteiger partial charge on any atom is 0.309 e. The first-order valence-corrected chi connectivity index (χ1v) is 10.9. The number of carbonyl (C=O) groups is 1. The minimum absolute atomic E-state index is 0.00745. The van der Waals surface area contributed by atoms with Crippen LogP contribution in [0, 0.1) is 5.82 Å². The molecule has 1 saturated heterocycles. The van der Waals surface area contributed by atoms with Crippen LogP contribution in [-0.4, -0.2) is 28.3 Å². The average Bonchev–Trinajstić information content (AvgIpc) is 2.79. The van der Waals surface area contributed by atoms with Crippen LogP contribution in [-0.2, 0) is 9.53 Å². The molecule has 0 saturated carbocycles. The third-order valence-corrected chi connectivity index (χ3v) is 5.61. The van der Waals surface area contributed by atoms with Crippen molar-refractivity contribution in [3.05, 3.63) is 83.6 Å². The molecule has 6 heteroatoms. The SMILES string of the molecule is CC(C)c1nc(-c2ccccc2)cc(-c2ccc(F)cc2)c1/C=C(\F)C1CC(O)CC(=O)O1. The first-order valence-electron chi connectivity index (χ1n) is 10.9. The van der Waals surface area contributed by atoms with Crippen LogP contribution in [0.4, 0.5) is 8.78 Å². The Morgan fingerprint density at radius 3 is 2.45 bits per heavy atom. The highest BCUT2D eigenvalue weighted by atomic mass is 19.1. The van der Waals surface area contributed by atoms with E-state index >= 15 is 4.39 Å². The van der Waals surface area contributed by atoms with Crippen LogP contribution >= 0.6 is 0 Å². The predicted molar refractivity (Wildman–Crippen MR) is 123 cm³/mol. The van der Waals surface area contributed by atoms with Crippen molar-refractivity contribution < 1.29 is 23.4 Å². The number of carbonyl (C=O) groups excluding carboxylic acids is 1. The van der Waals surface area contributed by atoms with Gasteiger partial charge in [-0.05, 0) is 41.3 Å². The highest BCUT2D eigenvalue weighted by Gasteiger charge is 2.31. The standard InChI is InChI=1S/C27H25F2NO3/c1-16(2)27-22(14-23(29)25-12-20(31)13-26(32)33-25)21(17-8-10-19(28)11-9-17)15-24(30-27)18-6-4-3-5-7-18/h3-11,14-16,20,25,31H,12-13H2,1-2H3/b23-14-. The lowest BCUT2D eigenvalue weighted by atomic mass is 9.91. The third-order valence-electron chi connectivity index (χ3n) is 5.61. The van der Waals surface area contributed by atoms with Crippen molar-refractivity contribution in [2.24, 2.45) is 0 Å². The maximum absolute atomic E-state index is 15.3. The van der Waals surface area contributed by atoms with Gasteiger partial charge in [-0.1, -0.05) is 56.3 Å². The Balaban J connectivity index is 1.90. The number of halogens is 2. The first-order chi connectivity index (χ1) is 15.8. The van der Waals surface area contributed by atoms with Crippen LogP contribution in [0.5, 0.6) is 0 Å². The summed E-state index contributed by atoms with van der Waals surface area (Å²) in [6.45, 7) is 3.93. The van der Waals surface area contributed by atoms with Gasteiger partial charge in [-0.25, -0.2) is 8.78 Å². The second-order valence-electron chi connectivity index (χ2n) is 8.48. The molecule has 1 aliphatic heterocycles. The average molecular weight is 449 g/mol. The quantitative estimate of drug-likeness (QED) is 0.482. The van der Waals surface area contributed by atoms with Crippen LogP contribution in [0.25, 0.3) is 28.5 Å². The Kier molecular flexibility index (Phi) is 6.65. The summed E-state index contributed by atoms with van der Waals surface area (Å²) in [7, 11) is 0. The van der Waals surface area contributed by atoms with Crippen molar-refractivity contribution in [1.82, 2.24) is 4.98 Å². The molecule has 0 radical (unpaired) electrons. The van der Waals surface area contributed by atoms with E-state index in [9.17, 15) is 14.3 Å². The Morgan fingerprint density at radius 1 is 1.12 bits per heavy atom. The maximum atomic E-state index is 15.3. The Morgan fingerprint density at radius 2 is 1.82 bits per heavy atom. The van der Waals surface area contributed by atoms with Gasteiger partial charge in [-0.3, -0.25) is 9.78 Å². The van der Waals surface area contributed by atoms with Gasteiger partial charge >= 0.3 is 5.97 Å². The van der Waals surface area contributed by atoms with Gasteiger partial charge < -0.3 is 9.84 Å². The Bertz CT molecular complexity index is 1170. The number of aliphatic hydroxyl groups is 1. The van der Waals surface area contributed by atoms with E-state index in [-0.39, 0.29) is 24.6 Å². The molecular formula is C27H25F2NO3. The number of esters is 1. The molecule has 2 heterocycles. The number of ether oxygens (including phenoxy) is 1. The molecule has 2 atom stereocenters. The number of benzene rings is 2. The topological polar surface area (TPSA) is 59.4 Å². The summed E-state index contributed by atoms with van der Waals surface area (Å²) in [4.78, 5) is 16.5. The van der Waals surface area contributed by atoms with Gasteiger partial charge in [0.05, 0.1) is 23.9 Å². The summed E-state index contributed by atoms with van der Waals surface area (Å²) in [6, 6.07) is 17.5. The number of cyclic esters (lactones) is 1. The van der Waals surface area contributed by atoms with E-state index in [1.807, 2.05) is 50.2 Å². The lowest BCUT2D eigenvalue weighted by Crippen LogP contribution is -2.32. The number of pyridine rings is 1. The molecule has 3 aromatic rings. The molecule has 1 aromatic heterocycles. The summed E-state index contributed by atoms with van der Waals surface area (Å²) in [5.74, 6) is -1.72. The summed E-state index contributed by atoms with van der Waals surface area (Å²) >= 11 is 0. The summed E-state index contributed by atoms with van der Waals surface area (Å²) in [6.07, 6.45) is -0.931. The molecule has 1 aliphatic rings. The monoisotopic (exact) mass is 449 g/mol. The minimum atomic E-state index is -1.16. The summed E-state index contributed by atoms with van der Waals surface area (Å²) < 4.78 is 34.1. The molecule has 1 fully saturated rings. The molecule has 1 N–H and O–H groups in total. The van der Waals surface area contributed by atoms with E-state index in [2.05, 4.69) is 0 Å². The summed E-state index contributed by atoms with van der Waals surface area (Å²) in [5, 5.41) is 9.89. The van der Waals surface area contributed by atoms with Crippen molar-refractivity contribution in [2.45, 2.75) is 44.8 Å². The van der Waals surface area contributed by atoms with Gasteiger partial charge in [-0.15, -0.1) is 0 Å². The van der Waals surface area contributed by atoms with Crippen molar-refractivity contribution in [3.63, 3.8) is 0 Å².